The average molecular weight is 449 g/mol. The molecule has 0 atom stereocenters. The fourth-order valence-electron chi connectivity index (χ4n) is 3.03. The molecule has 1 aliphatic rings. The van der Waals surface area contributed by atoms with Crippen LogP contribution in [0.1, 0.15) is 25.0 Å². The number of amides is 1. The second-order valence-corrected chi connectivity index (χ2v) is 6.75. The van der Waals surface area contributed by atoms with Gasteiger partial charge in [-0.25, -0.2) is 0 Å². The van der Waals surface area contributed by atoms with Crippen molar-refractivity contribution in [2.75, 3.05) is 25.2 Å². The molecule has 0 fully saturated rings. The summed E-state index contributed by atoms with van der Waals surface area (Å²) in [5, 5.41) is 0. The van der Waals surface area contributed by atoms with Gasteiger partial charge in [-0.3, -0.25) is 4.79 Å². The van der Waals surface area contributed by atoms with Gasteiger partial charge in [0, 0.05) is 17.7 Å². The number of carbonyl (C=O) groups is 1. The van der Waals surface area contributed by atoms with E-state index in [2.05, 4.69) is 22.6 Å². The summed E-state index contributed by atoms with van der Waals surface area (Å²) >= 11 is 2.23. The van der Waals surface area contributed by atoms with Crippen molar-refractivity contribution in [3.63, 3.8) is 0 Å². The number of hydrogen-bond acceptors (Lipinski definition) is 3. The van der Waals surface area contributed by atoms with Crippen LogP contribution in [0.25, 0.3) is 11.6 Å². The summed E-state index contributed by atoms with van der Waals surface area (Å²) in [5.41, 5.74) is 3.56. The van der Waals surface area contributed by atoms with Gasteiger partial charge in [0.15, 0.2) is 11.5 Å². The number of anilines is 1. The average Bonchev–Trinajstić information content (AvgIpc) is 2.88. The number of benzene rings is 2. The van der Waals surface area contributed by atoms with Gasteiger partial charge in [0.1, 0.15) is 0 Å². The van der Waals surface area contributed by atoms with Crippen LogP contribution in [0.4, 0.5) is 5.69 Å². The van der Waals surface area contributed by atoms with Gasteiger partial charge < -0.3 is 14.4 Å². The predicted molar refractivity (Wildman–Crippen MR) is 109 cm³/mol. The Bertz CT molecular complexity index is 845. The van der Waals surface area contributed by atoms with Crippen molar-refractivity contribution in [1.29, 1.82) is 0 Å². The molecule has 25 heavy (non-hydrogen) atoms. The molecule has 4 nitrogen and oxygen atoms in total. The van der Waals surface area contributed by atoms with Gasteiger partial charge >= 0.3 is 0 Å². The summed E-state index contributed by atoms with van der Waals surface area (Å²) in [6.07, 6.45) is 1.93. The number of carbonyl (C=O) groups excluding carboxylic acids is 1. The molecule has 130 valence electrons. The Labute approximate surface area is 161 Å². The van der Waals surface area contributed by atoms with Gasteiger partial charge in [-0.2, -0.15) is 0 Å². The van der Waals surface area contributed by atoms with E-state index in [1.165, 1.54) is 0 Å². The van der Waals surface area contributed by atoms with Crippen molar-refractivity contribution in [2.45, 2.75) is 13.8 Å². The van der Waals surface area contributed by atoms with Gasteiger partial charge in [-0.1, -0.05) is 18.2 Å². The van der Waals surface area contributed by atoms with E-state index in [0.29, 0.717) is 24.5 Å². The van der Waals surface area contributed by atoms with Gasteiger partial charge in [0.2, 0.25) is 0 Å². The number of halogens is 1. The zero-order valence-corrected chi connectivity index (χ0v) is 16.7. The Hall–Kier alpha value is -2.02. The number of likely N-dealkylation sites (N-methyl/N-ethyl adjacent to an activating group) is 1. The highest BCUT2D eigenvalue weighted by Gasteiger charge is 2.30. The molecule has 1 heterocycles. The molecular weight excluding hydrogens is 429 g/mol. The molecule has 1 aliphatic heterocycles. The normalized spacial score (nSPS) is 14.8. The largest absolute Gasteiger partial charge is 0.493 e. The summed E-state index contributed by atoms with van der Waals surface area (Å²) in [6.45, 7) is 5.15. The zero-order chi connectivity index (χ0) is 18.0. The Morgan fingerprint density at radius 3 is 2.64 bits per heavy atom. The minimum atomic E-state index is 0.0339. The van der Waals surface area contributed by atoms with Gasteiger partial charge in [-0.15, -0.1) is 0 Å². The number of fused-ring (bicyclic) bond motifs is 1. The molecule has 0 saturated carbocycles. The number of ether oxygens (including phenoxy) is 2. The molecule has 1 amide bonds. The topological polar surface area (TPSA) is 38.8 Å². The summed E-state index contributed by atoms with van der Waals surface area (Å²) < 4.78 is 12.1. The van der Waals surface area contributed by atoms with E-state index < -0.39 is 0 Å². The molecule has 5 heteroatoms. The summed E-state index contributed by atoms with van der Waals surface area (Å²) in [5.74, 6) is 1.44. The monoisotopic (exact) mass is 449 g/mol. The van der Waals surface area contributed by atoms with E-state index in [1.54, 1.807) is 12.0 Å². The van der Waals surface area contributed by atoms with E-state index in [9.17, 15) is 4.79 Å². The van der Waals surface area contributed by atoms with Crippen LogP contribution >= 0.6 is 22.6 Å². The van der Waals surface area contributed by atoms with Crippen LogP contribution in [0.3, 0.4) is 0 Å². The molecule has 0 bridgehead atoms. The number of rotatable bonds is 5. The lowest BCUT2D eigenvalue weighted by Gasteiger charge is -2.13. The predicted octanol–water partition coefficient (Wildman–Crippen LogP) is 4.61. The molecule has 0 aliphatic carbocycles. The van der Waals surface area contributed by atoms with Crippen molar-refractivity contribution in [1.82, 2.24) is 0 Å². The maximum Gasteiger partial charge on any atom is 0.258 e. The molecule has 0 spiro atoms. The molecule has 0 radical (unpaired) electrons. The molecule has 0 N–H and O–H groups in total. The summed E-state index contributed by atoms with van der Waals surface area (Å²) in [4.78, 5) is 14.6. The first-order chi connectivity index (χ1) is 12.1. The number of methoxy groups -OCH3 is 1. The summed E-state index contributed by atoms with van der Waals surface area (Å²) in [7, 11) is 1.62. The first-order valence-electron chi connectivity index (χ1n) is 8.24. The fourth-order valence-corrected chi connectivity index (χ4v) is 3.82. The molecule has 0 unspecified atom stereocenters. The van der Waals surface area contributed by atoms with E-state index in [4.69, 9.17) is 9.47 Å². The molecule has 2 aromatic carbocycles. The third-order valence-corrected chi connectivity index (χ3v) is 4.93. The van der Waals surface area contributed by atoms with Crippen LogP contribution in [0.5, 0.6) is 11.5 Å². The van der Waals surface area contributed by atoms with Crippen LogP contribution in [-0.4, -0.2) is 26.2 Å². The highest BCUT2D eigenvalue weighted by atomic mass is 127. The minimum absolute atomic E-state index is 0.0339. The maximum absolute atomic E-state index is 12.8. The highest BCUT2D eigenvalue weighted by molar-refractivity contribution is 14.1. The summed E-state index contributed by atoms with van der Waals surface area (Å²) in [6, 6.07) is 11.8. The molecule has 2 aromatic rings. The lowest BCUT2D eigenvalue weighted by molar-refractivity contribution is -0.112. The van der Waals surface area contributed by atoms with Gasteiger partial charge in [0.05, 0.1) is 23.0 Å². The third-order valence-electron chi connectivity index (χ3n) is 4.13. The Morgan fingerprint density at radius 2 is 1.96 bits per heavy atom. The quantitative estimate of drug-likeness (QED) is 0.495. The first kappa shape index (κ1) is 17.8. The number of para-hydroxylation sites is 1. The van der Waals surface area contributed by atoms with Crippen LogP contribution in [-0.2, 0) is 4.79 Å². The molecule has 0 aromatic heterocycles. The van der Waals surface area contributed by atoms with Crippen molar-refractivity contribution in [2.24, 2.45) is 0 Å². The fraction of sp³-hybridized carbons (Fsp3) is 0.250. The molecule has 0 saturated heterocycles. The number of hydrogen-bond donors (Lipinski definition) is 0. The van der Waals surface area contributed by atoms with Gasteiger partial charge in [0.25, 0.3) is 5.91 Å². The Balaban J connectivity index is 2.09. The molecule has 3 rings (SSSR count). The Morgan fingerprint density at radius 1 is 1.20 bits per heavy atom. The third kappa shape index (κ3) is 3.25. The highest BCUT2D eigenvalue weighted by Crippen LogP contribution is 2.39. The van der Waals surface area contributed by atoms with Gasteiger partial charge in [-0.05, 0) is 66.3 Å². The van der Waals surface area contributed by atoms with Crippen LogP contribution in [0.15, 0.2) is 36.4 Å². The minimum Gasteiger partial charge on any atom is -0.493 e. The van der Waals surface area contributed by atoms with Crippen molar-refractivity contribution in [3.8, 4) is 11.5 Å². The second kappa shape index (κ2) is 7.47. The maximum atomic E-state index is 12.8. The lowest BCUT2D eigenvalue weighted by Crippen LogP contribution is -2.25. The Kier molecular flexibility index (Phi) is 5.32. The van der Waals surface area contributed by atoms with E-state index in [0.717, 1.165) is 26.1 Å². The van der Waals surface area contributed by atoms with Crippen molar-refractivity contribution >= 4 is 45.8 Å². The van der Waals surface area contributed by atoms with E-state index >= 15 is 0 Å². The first-order valence-corrected chi connectivity index (χ1v) is 9.31. The second-order valence-electron chi connectivity index (χ2n) is 5.59. The van der Waals surface area contributed by atoms with E-state index in [1.807, 2.05) is 56.3 Å². The smallest absolute Gasteiger partial charge is 0.258 e. The van der Waals surface area contributed by atoms with Crippen LogP contribution < -0.4 is 14.4 Å². The lowest BCUT2D eigenvalue weighted by atomic mass is 10.0. The van der Waals surface area contributed by atoms with Crippen molar-refractivity contribution in [3.05, 3.63) is 51.1 Å². The van der Waals surface area contributed by atoms with Crippen molar-refractivity contribution < 1.29 is 14.3 Å². The SMILES string of the molecule is CCOc1c(I)cc(/C=C2\C(=O)N(CC)c3ccccc32)cc1OC. The molecular formula is C20H20INO3. The van der Waals surface area contributed by atoms with E-state index in [-0.39, 0.29) is 5.91 Å². The zero-order valence-electron chi connectivity index (χ0n) is 14.5. The number of nitrogens with zero attached hydrogens (tertiary/aromatic N) is 1. The van der Waals surface area contributed by atoms with Crippen LogP contribution in [0.2, 0.25) is 0 Å². The van der Waals surface area contributed by atoms with Crippen LogP contribution in [0, 0.1) is 3.57 Å². The standard InChI is InChI=1S/C20H20INO3/c1-4-22-17-9-7-6-8-14(17)15(20(22)23)10-13-11-16(21)19(25-5-2)18(12-13)24-3/h6-12H,4-5H2,1-3H3/b15-10-.